The van der Waals surface area contributed by atoms with E-state index in [0.29, 0.717) is 44.3 Å². The Labute approximate surface area is 169 Å². The number of rotatable bonds is 7. The second-order valence-electron chi connectivity index (χ2n) is 7.57. The van der Waals surface area contributed by atoms with E-state index in [1.807, 2.05) is 17.7 Å². The van der Waals surface area contributed by atoms with E-state index >= 15 is 0 Å². The van der Waals surface area contributed by atoms with Crippen molar-refractivity contribution in [1.29, 1.82) is 0 Å². The number of primary amides is 1. The lowest BCUT2D eigenvalue weighted by molar-refractivity contribution is -0.141. The minimum Gasteiger partial charge on any atom is -0.368 e. The predicted octanol–water partition coefficient (Wildman–Crippen LogP) is -0.925. The van der Waals surface area contributed by atoms with Gasteiger partial charge in [0.25, 0.3) is 0 Å². The summed E-state index contributed by atoms with van der Waals surface area (Å²) in [6, 6.07) is -2.21. The molecule has 0 aliphatic carbocycles. The number of imidazole rings is 1. The molecule has 2 aliphatic rings. The number of likely N-dealkylation sites (tertiary alicyclic amines) is 1. The predicted molar refractivity (Wildman–Crippen MR) is 103 cm³/mol. The Bertz CT molecular complexity index is 791. The molecule has 10 nitrogen and oxygen atoms in total. The van der Waals surface area contributed by atoms with Gasteiger partial charge in [-0.2, -0.15) is 0 Å². The summed E-state index contributed by atoms with van der Waals surface area (Å²) in [7, 11) is 0. The summed E-state index contributed by atoms with van der Waals surface area (Å²) in [5, 5.41) is 5.44. The zero-order valence-corrected chi connectivity index (χ0v) is 16.6. The molecule has 0 aromatic carbocycles. The number of aromatic nitrogens is 2. The summed E-state index contributed by atoms with van der Waals surface area (Å²) in [5.41, 5.74) is 6.11. The van der Waals surface area contributed by atoms with Crippen LogP contribution in [0, 0.1) is 0 Å². The van der Waals surface area contributed by atoms with E-state index in [2.05, 4.69) is 15.6 Å². The maximum absolute atomic E-state index is 13.2. The van der Waals surface area contributed by atoms with Crippen LogP contribution in [0.5, 0.6) is 0 Å². The molecule has 4 N–H and O–H groups in total. The van der Waals surface area contributed by atoms with Crippen LogP contribution in [0.1, 0.15) is 44.7 Å². The molecule has 0 radical (unpaired) electrons. The van der Waals surface area contributed by atoms with Gasteiger partial charge in [-0.1, -0.05) is 0 Å². The van der Waals surface area contributed by atoms with Crippen LogP contribution in [0.2, 0.25) is 0 Å². The minimum atomic E-state index is -0.888. The van der Waals surface area contributed by atoms with Gasteiger partial charge >= 0.3 is 0 Å². The van der Waals surface area contributed by atoms with Gasteiger partial charge < -0.3 is 25.8 Å². The van der Waals surface area contributed by atoms with Crippen molar-refractivity contribution in [1.82, 2.24) is 25.1 Å². The second-order valence-corrected chi connectivity index (χ2v) is 7.57. The van der Waals surface area contributed by atoms with Crippen LogP contribution in [0.25, 0.3) is 0 Å². The molecule has 2 saturated heterocycles. The molecule has 3 heterocycles. The van der Waals surface area contributed by atoms with Crippen LogP contribution in [0.3, 0.4) is 0 Å². The Hall–Kier alpha value is -2.91. The highest BCUT2D eigenvalue weighted by atomic mass is 16.2. The van der Waals surface area contributed by atoms with E-state index in [4.69, 9.17) is 5.73 Å². The van der Waals surface area contributed by atoms with E-state index < -0.39 is 29.9 Å². The van der Waals surface area contributed by atoms with Gasteiger partial charge in [-0.15, -0.1) is 0 Å². The molecule has 0 bridgehead atoms. The highest BCUT2D eigenvalue weighted by Crippen LogP contribution is 2.19. The van der Waals surface area contributed by atoms with Gasteiger partial charge in [0.2, 0.25) is 23.6 Å². The lowest BCUT2D eigenvalue weighted by atomic mass is 10.0. The van der Waals surface area contributed by atoms with Crippen LogP contribution >= 0.6 is 0 Å². The maximum atomic E-state index is 13.2. The highest BCUT2D eigenvalue weighted by Gasteiger charge is 2.38. The Balaban J connectivity index is 1.76. The van der Waals surface area contributed by atoms with Crippen molar-refractivity contribution in [3.05, 3.63) is 18.2 Å². The van der Waals surface area contributed by atoms with Crippen molar-refractivity contribution in [3.63, 3.8) is 0 Å². The Morgan fingerprint density at radius 2 is 2.14 bits per heavy atom. The van der Waals surface area contributed by atoms with E-state index in [0.717, 1.165) is 6.54 Å². The summed E-state index contributed by atoms with van der Waals surface area (Å²) in [6.45, 7) is 3.13. The molecular weight excluding hydrogens is 376 g/mol. The topological polar surface area (TPSA) is 139 Å². The normalized spacial score (nSPS) is 22.8. The number of piperidine rings is 1. The molecule has 0 unspecified atom stereocenters. The van der Waals surface area contributed by atoms with Gasteiger partial charge in [0.1, 0.15) is 18.1 Å². The van der Waals surface area contributed by atoms with Crippen molar-refractivity contribution in [2.45, 2.75) is 70.1 Å². The molecule has 3 rings (SSSR count). The van der Waals surface area contributed by atoms with Gasteiger partial charge in [0.05, 0.1) is 12.0 Å². The van der Waals surface area contributed by atoms with Crippen LogP contribution in [0.4, 0.5) is 0 Å². The van der Waals surface area contributed by atoms with Crippen molar-refractivity contribution >= 4 is 23.6 Å². The summed E-state index contributed by atoms with van der Waals surface area (Å²) < 4.78 is 1.88. The van der Waals surface area contributed by atoms with Gasteiger partial charge in [0.15, 0.2) is 0 Å². The summed E-state index contributed by atoms with van der Waals surface area (Å²) >= 11 is 0. The minimum absolute atomic E-state index is 0.172. The van der Waals surface area contributed by atoms with E-state index in [1.54, 1.807) is 6.33 Å². The van der Waals surface area contributed by atoms with Gasteiger partial charge in [-0.25, -0.2) is 4.98 Å². The van der Waals surface area contributed by atoms with Crippen molar-refractivity contribution in [2.24, 2.45) is 5.73 Å². The first kappa shape index (κ1) is 20.8. The van der Waals surface area contributed by atoms with E-state index in [1.165, 1.54) is 4.90 Å². The van der Waals surface area contributed by atoms with Crippen LogP contribution in [-0.2, 0) is 32.1 Å². The van der Waals surface area contributed by atoms with Gasteiger partial charge in [0, 0.05) is 32.1 Å². The quantitative estimate of drug-likeness (QED) is 0.539. The van der Waals surface area contributed by atoms with Crippen molar-refractivity contribution < 1.29 is 19.2 Å². The third kappa shape index (κ3) is 4.93. The molecule has 2 aliphatic heterocycles. The summed E-state index contributed by atoms with van der Waals surface area (Å²) in [5.74, 6) is -1.47. The smallest absolute Gasteiger partial charge is 0.246 e. The SMILES string of the molecule is CCn1cnc(C[C@H](NC(=O)[C@@H]2CCCC(=O)N2)C(=O)N2CCC[C@H]2C(N)=O)c1. The van der Waals surface area contributed by atoms with Gasteiger partial charge in [-0.3, -0.25) is 19.2 Å². The lowest BCUT2D eigenvalue weighted by Gasteiger charge is -2.29. The van der Waals surface area contributed by atoms with Crippen LogP contribution < -0.4 is 16.4 Å². The Morgan fingerprint density at radius 3 is 2.79 bits per heavy atom. The third-order valence-corrected chi connectivity index (χ3v) is 5.49. The average molecular weight is 404 g/mol. The molecule has 158 valence electrons. The molecule has 4 amide bonds. The van der Waals surface area contributed by atoms with Crippen molar-refractivity contribution in [2.75, 3.05) is 6.54 Å². The first-order chi connectivity index (χ1) is 13.9. The zero-order chi connectivity index (χ0) is 21.0. The number of hydrogen-bond donors (Lipinski definition) is 3. The largest absolute Gasteiger partial charge is 0.368 e. The molecule has 29 heavy (non-hydrogen) atoms. The number of carbonyl (C=O) groups is 4. The highest BCUT2D eigenvalue weighted by molar-refractivity contribution is 5.94. The maximum Gasteiger partial charge on any atom is 0.246 e. The number of nitrogens with one attached hydrogen (secondary N) is 2. The number of amides is 4. The van der Waals surface area contributed by atoms with Crippen LogP contribution in [-0.4, -0.2) is 62.7 Å². The molecule has 3 atom stereocenters. The van der Waals surface area contributed by atoms with Crippen molar-refractivity contribution in [3.8, 4) is 0 Å². The standard InChI is InChI=1S/C19H28N6O4/c1-2-24-10-12(21-11-24)9-14(19(29)25-8-4-6-15(25)17(20)27)23-18(28)13-5-3-7-16(26)22-13/h10-11,13-15H,2-9H2,1H3,(H2,20,27)(H,22,26)(H,23,28)/t13-,14-,15-/m0/s1. The molecule has 2 fully saturated rings. The zero-order valence-electron chi connectivity index (χ0n) is 16.6. The third-order valence-electron chi connectivity index (χ3n) is 5.49. The van der Waals surface area contributed by atoms with E-state index in [-0.39, 0.29) is 18.2 Å². The average Bonchev–Trinajstić information content (AvgIpc) is 3.36. The molecule has 1 aromatic heterocycles. The fraction of sp³-hybridized carbons (Fsp3) is 0.632. The van der Waals surface area contributed by atoms with Gasteiger partial charge in [-0.05, 0) is 32.6 Å². The second kappa shape index (κ2) is 9.06. The first-order valence-electron chi connectivity index (χ1n) is 10.1. The number of aryl methyl sites for hydroxylation is 1. The van der Waals surface area contributed by atoms with Crippen LogP contribution in [0.15, 0.2) is 12.5 Å². The number of carbonyl (C=O) groups excluding carboxylic acids is 4. The Kier molecular flexibility index (Phi) is 6.50. The molecule has 0 saturated carbocycles. The first-order valence-corrected chi connectivity index (χ1v) is 10.1. The summed E-state index contributed by atoms with van der Waals surface area (Å²) in [6.07, 6.45) is 6.44. The fourth-order valence-corrected chi connectivity index (χ4v) is 3.89. The lowest BCUT2D eigenvalue weighted by Crippen LogP contribution is -2.57. The summed E-state index contributed by atoms with van der Waals surface area (Å²) in [4.78, 5) is 55.0. The number of nitrogens with two attached hydrogens (primary N) is 1. The fourth-order valence-electron chi connectivity index (χ4n) is 3.89. The number of hydrogen-bond acceptors (Lipinski definition) is 5. The molecule has 1 aromatic rings. The molecule has 0 spiro atoms. The molecular formula is C19H28N6O4. The Morgan fingerprint density at radius 1 is 1.34 bits per heavy atom. The molecule has 10 heteroatoms. The monoisotopic (exact) mass is 404 g/mol. The van der Waals surface area contributed by atoms with E-state index in [9.17, 15) is 19.2 Å². The number of nitrogens with zero attached hydrogens (tertiary/aromatic N) is 3.